The summed E-state index contributed by atoms with van der Waals surface area (Å²) in [5, 5.41) is 14.5. The van der Waals surface area contributed by atoms with Crippen LogP contribution in [0.3, 0.4) is 0 Å². The van der Waals surface area contributed by atoms with Gasteiger partial charge in [-0.2, -0.15) is 5.10 Å². The standard InChI is InChI=1S/C12H15BrN4O2/c1-7-12(13)9(17(2)16-7)5-10(18)8-4-11(19-3)15-6-14-8/h4,6,10,18H,5H2,1-3H3. The van der Waals surface area contributed by atoms with E-state index in [1.54, 1.807) is 10.7 Å². The summed E-state index contributed by atoms with van der Waals surface area (Å²) in [5.74, 6) is 0.435. The van der Waals surface area contributed by atoms with Gasteiger partial charge < -0.3 is 9.84 Å². The molecule has 2 heterocycles. The summed E-state index contributed by atoms with van der Waals surface area (Å²) in [6, 6.07) is 1.63. The Labute approximate surface area is 119 Å². The van der Waals surface area contributed by atoms with E-state index in [9.17, 15) is 5.11 Å². The number of halogens is 1. The van der Waals surface area contributed by atoms with Crippen LogP contribution in [-0.2, 0) is 13.5 Å². The van der Waals surface area contributed by atoms with E-state index in [0.717, 1.165) is 15.9 Å². The summed E-state index contributed by atoms with van der Waals surface area (Å²) in [6.45, 7) is 1.91. The lowest BCUT2D eigenvalue weighted by Gasteiger charge is -2.11. The fraction of sp³-hybridized carbons (Fsp3) is 0.417. The van der Waals surface area contributed by atoms with Crippen molar-refractivity contribution in [2.24, 2.45) is 7.05 Å². The average molecular weight is 327 g/mol. The van der Waals surface area contributed by atoms with Crippen molar-refractivity contribution in [2.75, 3.05) is 7.11 Å². The molecule has 0 spiro atoms. The van der Waals surface area contributed by atoms with Gasteiger partial charge in [0.1, 0.15) is 12.4 Å². The van der Waals surface area contributed by atoms with Gasteiger partial charge >= 0.3 is 0 Å². The summed E-state index contributed by atoms with van der Waals surface area (Å²) in [7, 11) is 3.37. The van der Waals surface area contributed by atoms with E-state index >= 15 is 0 Å². The lowest BCUT2D eigenvalue weighted by Crippen LogP contribution is -2.09. The van der Waals surface area contributed by atoms with Crippen LogP contribution >= 0.6 is 15.9 Å². The van der Waals surface area contributed by atoms with Crippen molar-refractivity contribution >= 4 is 15.9 Å². The molecule has 2 aromatic heterocycles. The van der Waals surface area contributed by atoms with Gasteiger partial charge in [-0.1, -0.05) is 0 Å². The predicted octanol–water partition coefficient (Wildman–Crippen LogP) is 1.57. The van der Waals surface area contributed by atoms with E-state index in [0.29, 0.717) is 18.0 Å². The molecule has 0 saturated heterocycles. The molecule has 2 aromatic rings. The van der Waals surface area contributed by atoms with E-state index in [1.807, 2.05) is 14.0 Å². The van der Waals surface area contributed by atoms with Crippen molar-refractivity contribution in [1.82, 2.24) is 19.7 Å². The first-order valence-electron chi connectivity index (χ1n) is 5.75. The van der Waals surface area contributed by atoms with Crippen molar-refractivity contribution in [1.29, 1.82) is 0 Å². The summed E-state index contributed by atoms with van der Waals surface area (Å²) < 4.78 is 7.68. The van der Waals surface area contributed by atoms with Crippen molar-refractivity contribution in [3.05, 3.63) is 33.9 Å². The van der Waals surface area contributed by atoms with E-state index in [-0.39, 0.29) is 0 Å². The Bertz CT molecular complexity index is 585. The number of hydrogen-bond donors (Lipinski definition) is 1. The molecule has 19 heavy (non-hydrogen) atoms. The molecule has 0 amide bonds. The summed E-state index contributed by atoms with van der Waals surface area (Å²) in [4.78, 5) is 7.98. The van der Waals surface area contributed by atoms with Gasteiger partial charge in [-0.25, -0.2) is 9.97 Å². The molecule has 0 aliphatic heterocycles. The number of aryl methyl sites for hydroxylation is 2. The normalized spacial score (nSPS) is 12.5. The summed E-state index contributed by atoms with van der Waals surface area (Å²) >= 11 is 3.48. The molecule has 6 nitrogen and oxygen atoms in total. The molecule has 1 N–H and O–H groups in total. The Morgan fingerprint density at radius 3 is 2.79 bits per heavy atom. The second-order valence-corrected chi connectivity index (χ2v) is 4.97. The van der Waals surface area contributed by atoms with Gasteiger partial charge in [0.25, 0.3) is 0 Å². The lowest BCUT2D eigenvalue weighted by atomic mass is 10.1. The van der Waals surface area contributed by atoms with Gasteiger partial charge in [-0.15, -0.1) is 0 Å². The van der Waals surface area contributed by atoms with Crippen molar-refractivity contribution in [2.45, 2.75) is 19.4 Å². The van der Waals surface area contributed by atoms with Crippen LogP contribution in [-0.4, -0.2) is 32.0 Å². The van der Waals surface area contributed by atoms with Crippen molar-refractivity contribution < 1.29 is 9.84 Å². The topological polar surface area (TPSA) is 73.1 Å². The minimum atomic E-state index is -0.733. The fourth-order valence-electron chi connectivity index (χ4n) is 1.84. The highest BCUT2D eigenvalue weighted by Crippen LogP contribution is 2.25. The number of aliphatic hydroxyl groups excluding tert-OH is 1. The van der Waals surface area contributed by atoms with Crippen molar-refractivity contribution in [3.8, 4) is 5.88 Å². The second kappa shape index (κ2) is 5.66. The van der Waals surface area contributed by atoms with Crippen molar-refractivity contribution in [3.63, 3.8) is 0 Å². The third kappa shape index (κ3) is 2.93. The van der Waals surface area contributed by atoms with Crippen LogP contribution in [0.2, 0.25) is 0 Å². The van der Waals surface area contributed by atoms with Crippen LogP contribution in [0.15, 0.2) is 16.9 Å². The molecule has 7 heteroatoms. The minimum absolute atomic E-state index is 0.415. The molecule has 2 rings (SSSR count). The van der Waals surface area contributed by atoms with Crippen LogP contribution in [0.4, 0.5) is 0 Å². The average Bonchev–Trinajstić information content (AvgIpc) is 2.65. The number of aliphatic hydroxyl groups is 1. The zero-order valence-corrected chi connectivity index (χ0v) is 12.5. The number of nitrogens with zero attached hydrogens (tertiary/aromatic N) is 4. The molecule has 0 saturated carbocycles. The van der Waals surface area contributed by atoms with Gasteiger partial charge in [-0.05, 0) is 22.9 Å². The molecule has 0 aliphatic carbocycles. The number of ether oxygens (including phenoxy) is 1. The second-order valence-electron chi connectivity index (χ2n) is 4.17. The van der Waals surface area contributed by atoms with Gasteiger partial charge in [0.05, 0.1) is 28.7 Å². The molecule has 102 valence electrons. The fourth-order valence-corrected chi connectivity index (χ4v) is 2.33. The molecule has 1 atom stereocenters. The van der Waals surface area contributed by atoms with Crippen LogP contribution < -0.4 is 4.74 Å². The summed E-state index contributed by atoms with van der Waals surface area (Å²) in [6.07, 6.45) is 1.06. The molecule has 0 aliphatic rings. The first kappa shape index (κ1) is 14.0. The molecule has 0 bridgehead atoms. The number of rotatable bonds is 4. The molecular weight excluding hydrogens is 312 g/mol. The first-order chi connectivity index (χ1) is 9.02. The highest BCUT2D eigenvalue weighted by atomic mass is 79.9. The smallest absolute Gasteiger partial charge is 0.216 e. The van der Waals surface area contributed by atoms with E-state index in [4.69, 9.17) is 4.74 Å². The Morgan fingerprint density at radius 1 is 1.47 bits per heavy atom. The molecular formula is C12H15BrN4O2. The Balaban J connectivity index is 2.22. The third-order valence-electron chi connectivity index (χ3n) is 2.86. The Kier molecular flexibility index (Phi) is 4.16. The quantitative estimate of drug-likeness (QED) is 0.923. The van der Waals surface area contributed by atoms with Gasteiger partial charge in [-0.3, -0.25) is 4.68 Å². The van der Waals surface area contributed by atoms with Gasteiger partial charge in [0.2, 0.25) is 5.88 Å². The van der Waals surface area contributed by atoms with Crippen LogP contribution in [0.1, 0.15) is 23.2 Å². The van der Waals surface area contributed by atoms with Gasteiger partial charge in [0, 0.05) is 19.5 Å². The van der Waals surface area contributed by atoms with E-state index in [1.165, 1.54) is 13.4 Å². The molecule has 0 radical (unpaired) electrons. The SMILES string of the molecule is COc1cc(C(O)Cc2c(Br)c(C)nn2C)ncn1. The van der Waals surface area contributed by atoms with Crippen LogP contribution in [0, 0.1) is 6.92 Å². The number of hydrogen-bond acceptors (Lipinski definition) is 5. The Morgan fingerprint density at radius 2 is 2.21 bits per heavy atom. The van der Waals surface area contributed by atoms with Gasteiger partial charge in [0.15, 0.2) is 0 Å². The van der Waals surface area contributed by atoms with E-state index in [2.05, 4.69) is 31.0 Å². The lowest BCUT2D eigenvalue weighted by molar-refractivity contribution is 0.170. The first-order valence-corrected chi connectivity index (χ1v) is 6.54. The number of aromatic nitrogens is 4. The highest BCUT2D eigenvalue weighted by molar-refractivity contribution is 9.10. The predicted molar refractivity (Wildman–Crippen MR) is 72.9 cm³/mol. The maximum absolute atomic E-state index is 10.2. The van der Waals surface area contributed by atoms with Crippen LogP contribution in [0.25, 0.3) is 0 Å². The maximum atomic E-state index is 10.2. The summed E-state index contributed by atoms with van der Waals surface area (Å²) in [5.41, 5.74) is 2.34. The zero-order chi connectivity index (χ0) is 14.0. The molecule has 1 unspecified atom stereocenters. The highest BCUT2D eigenvalue weighted by Gasteiger charge is 2.17. The molecule has 0 fully saturated rings. The van der Waals surface area contributed by atoms with Crippen LogP contribution in [0.5, 0.6) is 5.88 Å². The Hall–Kier alpha value is -1.47. The minimum Gasteiger partial charge on any atom is -0.481 e. The molecule has 0 aromatic carbocycles. The number of methoxy groups -OCH3 is 1. The monoisotopic (exact) mass is 326 g/mol. The van der Waals surface area contributed by atoms with E-state index < -0.39 is 6.10 Å². The third-order valence-corrected chi connectivity index (χ3v) is 3.89. The largest absolute Gasteiger partial charge is 0.481 e. The maximum Gasteiger partial charge on any atom is 0.216 e. The zero-order valence-electron chi connectivity index (χ0n) is 11.0.